The molecule has 0 radical (unpaired) electrons. The second-order valence-electron chi connectivity index (χ2n) is 5.29. The summed E-state index contributed by atoms with van der Waals surface area (Å²) in [6.07, 6.45) is 0.263. The van der Waals surface area contributed by atoms with Crippen molar-refractivity contribution in [3.63, 3.8) is 0 Å². The normalized spacial score (nSPS) is 11.2. The Labute approximate surface area is 152 Å². The van der Waals surface area contributed by atoms with E-state index in [0.29, 0.717) is 6.54 Å². The summed E-state index contributed by atoms with van der Waals surface area (Å²) in [5.41, 5.74) is -0.0844. The van der Waals surface area contributed by atoms with Crippen LogP contribution in [0.2, 0.25) is 5.02 Å². The van der Waals surface area contributed by atoms with Crippen LogP contribution in [-0.2, 0) is 12.7 Å². The lowest BCUT2D eigenvalue weighted by molar-refractivity contribution is -0.136. The zero-order valence-corrected chi connectivity index (χ0v) is 14.0. The first-order valence-electron chi connectivity index (χ1n) is 7.51. The summed E-state index contributed by atoms with van der Waals surface area (Å²) in [7, 11) is 0. The van der Waals surface area contributed by atoms with Crippen molar-refractivity contribution >= 4 is 29.1 Å². The molecule has 2 aromatic heterocycles. The molecule has 0 aliphatic rings. The molecule has 1 aromatic carbocycles. The fraction of sp³-hybridized carbons (Fsp3) is 0.118. The zero-order chi connectivity index (χ0) is 18.6. The van der Waals surface area contributed by atoms with Crippen LogP contribution in [0.1, 0.15) is 11.1 Å². The number of benzene rings is 1. The fourth-order valence-electron chi connectivity index (χ4n) is 2.20. The molecule has 0 bridgehead atoms. The predicted octanol–water partition coefficient (Wildman–Crippen LogP) is 4.90. The Hall–Kier alpha value is -2.87. The van der Waals surface area contributed by atoms with Crippen molar-refractivity contribution in [1.82, 2.24) is 15.0 Å². The van der Waals surface area contributed by atoms with Gasteiger partial charge in [-0.25, -0.2) is 4.98 Å². The molecule has 0 spiro atoms. The number of anilines is 3. The van der Waals surface area contributed by atoms with E-state index in [9.17, 15) is 13.2 Å². The molecule has 0 aliphatic carbocycles. The second-order valence-corrected chi connectivity index (χ2v) is 5.73. The van der Waals surface area contributed by atoms with Gasteiger partial charge in [0.1, 0.15) is 5.82 Å². The van der Waals surface area contributed by atoms with E-state index in [2.05, 4.69) is 25.6 Å². The first kappa shape index (κ1) is 17.9. The Bertz CT molecular complexity index is 887. The van der Waals surface area contributed by atoms with Gasteiger partial charge in [-0.2, -0.15) is 18.2 Å². The van der Waals surface area contributed by atoms with Crippen LogP contribution in [0.15, 0.2) is 55.0 Å². The summed E-state index contributed by atoms with van der Waals surface area (Å²) >= 11 is 5.68. The highest BCUT2D eigenvalue weighted by Crippen LogP contribution is 2.37. The van der Waals surface area contributed by atoms with E-state index in [1.807, 2.05) is 6.07 Å². The molecule has 5 nitrogen and oxygen atoms in total. The predicted molar refractivity (Wildman–Crippen MR) is 93.3 cm³/mol. The van der Waals surface area contributed by atoms with Crippen molar-refractivity contribution in [3.05, 3.63) is 71.1 Å². The van der Waals surface area contributed by atoms with Gasteiger partial charge in [-0.15, -0.1) is 0 Å². The minimum atomic E-state index is -4.54. The average Bonchev–Trinajstić information content (AvgIpc) is 2.62. The minimum absolute atomic E-state index is 0.00406. The number of hydrogen-bond acceptors (Lipinski definition) is 5. The monoisotopic (exact) mass is 379 g/mol. The number of pyridine rings is 1. The maximum absolute atomic E-state index is 13.2. The Kier molecular flexibility index (Phi) is 5.22. The summed E-state index contributed by atoms with van der Waals surface area (Å²) in [6, 6.07) is 8.66. The van der Waals surface area contributed by atoms with Gasteiger partial charge in [-0.3, -0.25) is 4.98 Å². The van der Waals surface area contributed by atoms with Crippen molar-refractivity contribution in [3.8, 4) is 0 Å². The lowest BCUT2D eigenvalue weighted by Gasteiger charge is -2.15. The smallest absolute Gasteiger partial charge is 0.350 e. The van der Waals surface area contributed by atoms with Gasteiger partial charge in [0, 0.05) is 30.2 Å². The van der Waals surface area contributed by atoms with Gasteiger partial charge in [0.25, 0.3) is 0 Å². The number of aromatic nitrogens is 3. The van der Waals surface area contributed by atoms with Crippen LogP contribution in [0.3, 0.4) is 0 Å². The van der Waals surface area contributed by atoms with Gasteiger partial charge in [0.15, 0.2) is 0 Å². The van der Waals surface area contributed by atoms with Crippen LogP contribution >= 0.6 is 11.6 Å². The highest BCUT2D eigenvalue weighted by atomic mass is 35.5. The molecule has 0 fully saturated rings. The molecule has 2 heterocycles. The maximum atomic E-state index is 13.2. The molecule has 134 valence electrons. The average molecular weight is 380 g/mol. The Balaban J connectivity index is 1.77. The Morgan fingerprint density at radius 2 is 1.92 bits per heavy atom. The molecule has 0 unspecified atom stereocenters. The number of alkyl halides is 3. The van der Waals surface area contributed by atoms with E-state index in [4.69, 9.17) is 11.6 Å². The maximum Gasteiger partial charge on any atom is 0.418 e. The second kappa shape index (κ2) is 7.57. The van der Waals surface area contributed by atoms with E-state index in [-0.39, 0.29) is 22.5 Å². The Morgan fingerprint density at radius 1 is 1.08 bits per heavy atom. The van der Waals surface area contributed by atoms with Crippen LogP contribution < -0.4 is 10.6 Å². The topological polar surface area (TPSA) is 62.7 Å². The van der Waals surface area contributed by atoms with Gasteiger partial charge in [0.05, 0.1) is 11.3 Å². The van der Waals surface area contributed by atoms with Crippen molar-refractivity contribution in [2.75, 3.05) is 10.6 Å². The highest BCUT2D eigenvalue weighted by Gasteiger charge is 2.33. The molecule has 0 amide bonds. The summed E-state index contributed by atoms with van der Waals surface area (Å²) in [5.74, 6) is 0.503. The minimum Gasteiger partial charge on any atom is -0.350 e. The third-order valence-corrected chi connectivity index (χ3v) is 3.61. The van der Waals surface area contributed by atoms with Gasteiger partial charge in [-0.05, 0) is 35.9 Å². The van der Waals surface area contributed by atoms with E-state index in [0.717, 1.165) is 11.6 Å². The van der Waals surface area contributed by atoms with E-state index in [1.54, 1.807) is 18.5 Å². The molecule has 3 aromatic rings. The summed E-state index contributed by atoms with van der Waals surface area (Å²) in [5, 5.41) is 5.66. The van der Waals surface area contributed by atoms with E-state index in [1.165, 1.54) is 24.4 Å². The van der Waals surface area contributed by atoms with Gasteiger partial charge >= 0.3 is 6.18 Å². The van der Waals surface area contributed by atoms with Crippen molar-refractivity contribution in [1.29, 1.82) is 0 Å². The number of hydrogen-bond donors (Lipinski definition) is 2. The summed E-state index contributed by atoms with van der Waals surface area (Å²) in [4.78, 5) is 12.2. The van der Waals surface area contributed by atoms with E-state index >= 15 is 0 Å². The molecule has 0 aliphatic heterocycles. The fourth-order valence-corrected chi connectivity index (χ4v) is 2.37. The van der Waals surface area contributed by atoms with Crippen molar-refractivity contribution < 1.29 is 13.2 Å². The SMILES string of the molecule is FC(F)(F)c1cc(Cl)ccc1Nc1ccnc(NCc2cccnc2)n1. The molecule has 0 atom stereocenters. The Morgan fingerprint density at radius 3 is 2.65 bits per heavy atom. The van der Waals surface area contributed by atoms with Crippen molar-refractivity contribution in [2.24, 2.45) is 0 Å². The largest absolute Gasteiger partial charge is 0.418 e. The summed E-state index contributed by atoms with van der Waals surface area (Å²) < 4.78 is 39.5. The van der Waals surface area contributed by atoms with Crippen LogP contribution in [0, 0.1) is 0 Å². The number of nitrogens with one attached hydrogen (secondary N) is 2. The molecule has 0 saturated heterocycles. The summed E-state index contributed by atoms with van der Waals surface area (Å²) in [6.45, 7) is 0.437. The number of nitrogens with zero attached hydrogens (tertiary/aromatic N) is 3. The van der Waals surface area contributed by atoms with Crippen LogP contribution in [0.5, 0.6) is 0 Å². The molecule has 0 saturated carbocycles. The number of rotatable bonds is 5. The van der Waals surface area contributed by atoms with E-state index < -0.39 is 11.7 Å². The third-order valence-electron chi connectivity index (χ3n) is 3.38. The molecule has 3 rings (SSSR count). The third kappa shape index (κ3) is 4.60. The first-order valence-corrected chi connectivity index (χ1v) is 7.89. The highest BCUT2D eigenvalue weighted by molar-refractivity contribution is 6.30. The van der Waals surface area contributed by atoms with Gasteiger partial charge in [0.2, 0.25) is 5.95 Å². The zero-order valence-electron chi connectivity index (χ0n) is 13.3. The first-order chi connectivity index (χ1) is 12.4. The number of halogens is 4. The molecule has 2 N–H and O–H groups in total. The van der Waals surface area contributed by atoms with Crippen LogP contribution in [0.4, 0.5) is 30.6 Å². The molecular formula is C17H13ClF3N5. The van der Waals surface area contributed by atoms with Crippen molar-refractivity contribution in [2.45, 2.75) is 12.7 Å². The van der Waals surface area contributed by atoms with Gasteiger partial charge in [-0.1, -0.05) is 17.7 Å². The van der Waals surface area contributed by atoms with Crippen LogP contribution in [-0.4, -0.2) is 15.0 Å². The molecule has 26 heavy (non-hydrogen) atoms. The van der Waals surface area contributed by atoms with Crippen LogP contribution in [0.25, 0.3) is 0 Å². The van der Waals surface area contributed by atoms with Gasteiger partial charge < -0.3 is 10.6 Å². The quantitative estimate of drug-likeness (QED) is 0.660. The molecular weight excluding hydrogens is 367 g/mol. The standard InChI is InChI=1S/C17H13ClF3N5/c18-12-3-4-14(13(8-12)17(19,20)21)25-15-5-7-23-16(26-15)24-10-11-2-1-6-22-9-11/h1-9H,10H2,(H2,23,24,25,26). The lowest BCUT2D eigenvalue weighted by Crippen LogP contribution is -2.10. The lowest BCUT2D eigenvalue weighted by atomic mass is 10.1. The molecule has 9 heteroatoms.